The molecule has 0 amide bonds. The van der Waals surface area contributed by atoms with E-state index < -0.39 is 0 Å². The Bertz CT molecular complexity index is 331. The predicted octanol–water partition coefficient (Wildman–Crippen LogP) is 3.02. The van der Waals surface area contributed by atoms with Gasteiger partial charge >= 0.3 is 0 Å². The first-order valence-corrected chi connectivity index (χ1v) is 4.09. The molecule has 0 heterocycles. The van der Waals surface area contributed by atoms with Crippen LogP contribution in [0.1, 0.15) is 5.56 Å². The first kappa shape index (κ1) is 9.33. The van der Waals surface area contributed by atoms with E-state index in [9.17, 15) is 0 Å². The maximum Gasteiger partial charge on any atom is 0.0314 e. The highest BCUT2D eigenvalue weighted by molar-refractivity contribution is 5.75. The number of nitrogens with two attached hydrogens (primary N) is 1. The van der Waals surface area contributed by atoms with Gasteiger partial charge in [0.15, 0.2) is 0 Å². The van der Waals surface area contributed by atoms with Crippen molar-refractivity contribution in [2.45, 2.75) is 0 Å². The summed E-state index contributed by atoms with van der Waals surface area (Å²) in [5, 5.41) is 0. The molecule has 66 valence electrons. The van der Waals surface area contributed by atoms with Gasteiger partial charge in [0.1, 0.15) is 0 Å². The Morgan fingerprint density at radius 1 is 1.15 bits per heavy atom. The lowest BCUT2D eigenvalue weighted by molar-refractivity contribution is 1.61. The molecule has 0 aliphatic rings. The Kier molecular flexibility index (Phi) is 3.09. The van der Waals surface area contributed by atoms with E-state index in [1.54, 1.807) is 12.2 Å². The molecule has 0 saturated carbocycles. The van der Waals surface area contributed by atoms with Crippen LogP contribution in [0.4, 0.5) is 5.69 Å². The highest BCUT2D eigenvalue weighted by Crippen LogP contribution is 2.16. The molecular formula is C12H13N. The third kappa shape index (κ3) is 2.34. The molecule has 0 spiro atoms. The Hall–Kier alpha value is -1.76. The molecular weight excluding hydrogens is 158 g/mol. The Balaban J connectivity index is 3.06. The van der Waals surface area contributed by atoms with Crippen molar-refractivity contribution in [3.63, 3.8) is 0 Å². The second-order valence-electron chi connectivity index (χ2n) is 2.68. The number of nitrogen functional groups attached to an aromatic ring is 1. The van der Waals surface area contributed by atoms with Gasteiger partial charge in [-0.2, -0.15) is 0 Å². The van der Waals surface area contributed by atoms with Crippen molar-refractivity contribution in [3.05, 3.63) is 61.2 Å². The lowest BCUT2D eigenvalue weighted by atomic mass is 10.1. The smallest absolute Gasteiger partial charge is 0.0314 e. The molecule has 0 unspecified atom stereocenters. The van der Waals surface area contributed by atoms with E-state index in [0.29, 0.717) is 0 Å². The molecule has 0 aromatic heterocycles. The van der Waals surface area contributed by atoms with E-state index in [2.05, 4.69) is 13.2 Å². The predicted molar refractivity (Wildman–Crippen MR) is 59.2 cm³/mol. The molecule has 0 aliphatic carbocycles. The first-order valence-electron chi connectivity index (χ1n) is 4.09. The van der Waals surface area contributed by atoms with Gasteiger partial charge in [0, 0.05) is 5.69 Å². The summed E-state index contributed by atoms with van der Waals surface area (Å²) in [6.07, 6.45) is 5.46. The fraction of sp³-hybridized carbons (Fsp3) is 0. The van der Waals surface area contributed by atoms with Gasteiger partial charge in [-0.25, -0.2) is 0 Å². The summed E-state index contributed by atoms with van der Waals surface area (Å²) >= 11 is 0. The van der Waals surface area contributed by atoms with Gasteiger partial charge in [0.25, 0.3) is 0 Å². The zero-order valence-electron chi connectivity index (χ0n) is 7.53. The summed E-state index contributed by atoms with van der Waals surface area (Å²) in [5.41, 5.74) is 8.50. The summed E-state index contributed by atoms with van der Waals surface area (Å²) < 4.78 is 0. The number of anilines is 1. The van der Waals surface area contributed by atoms with Gasteiger partial charge in [-0.05, 0) is 23.3 Å². The maximum absolute atomic E-state index is 5.58. The Morgan fingerprint density at radius 3 is 2.23 bits per heavy atom. The Labute approximate surface area is 78.9 Å². The summed E-state index contributed by atoms with van der Waals surface area (Å²) in [5.74, 6) is 0. The maximum atomic E-state index is 5.58. The Morgan fingerprint density at radius 2 is 1.77 bits per heavy atom. The lowest BCUT2D eigenvalue weighted by Gasteiger charge is -2.01. The van der Waals surface area contributed by atoms with E-state index in [4.69, 9.17) is 5.73 Å². The average Bonchev–Trinajstić information content (AvgIpc) is 2.16. The van der Waals surface area contributed by atoms with Crippen molar-refractivity contribution < 1.29 is 0 Å². The van der Waals surface area contributed by atoms with Crippen molar-refractivity contribution in [1.82, 2.24) is 0 Å². The van der Waals surface area contributed by atoms with Crippen LogP contribution >= 0.6 is 0 Å². The lowest BCUT2D eigenvalue weighted by Crippen LogP contribution is -1.85. The van der Waals surface area contributed by atoms with Crippen LogP contribution in [0, 0.1) is 0 Å². The number of benzene rings is 1. The van der Waals surface area contributed by atoms with Crippen molar-refractivity contribution >= 4 is 11.3 Å². The van der Waals surface area contributed by atoms with Crippen molar-refractivity contribution in [2.75, 3.05) is 5.73 Å². The molecule has 0 saturated heterocycles. The number of allylic oxidation sites excluding steroid dienone is 4. The van der Waals surface area contributed by atoms with Crippen molar-refractivity contribution in [3.8, 4) is 0 Å². The molecule has 0 aliphatic heterocycles. The second-order valence-corrected chi connectivity index (χ2v) is 2.68. The molecule has 0 bridgehead atoms. The minimum Gasteiger partial charge on any atom is -0.399 e. The van der Waals surface area contributed by atoms with Crippen LogP contribution < -0.4 is 5.73 Å². The highest BCUT2D eigenvalue weighted by Gasteiger charge is 1.94. The zero-order chi connectivity index (χ0) is 9.68. The van der Waals surface area contributed by atoms with Crippen molar-refractivity contribution in [1.29, 1.82) is 0 Å². The summed E-state index contributed by atoms with van der Waals surface area (Å²) in [6, 6.07) is 7.67. The normalized spacial score (nSPS) is 10.9. The summed E-state index contributed by atoms with van der Waals surface area (Å²) in [4.78, 5) is 0. The number of hydrogen-bond acceptors (Lipinski definition) is 1. The van der Waals surface area contributed by atoms with Gasteiger partial charge in [0.05, 0.1) is 0 Å². The van der Waals surface area contributed by atoms with Gasteiger partial charge in [-0.15, -0.1) is 0 Å². The van der Waals surface area contributed by atoms with Crippen LogP contribution in [-0.2, 0) is 0 Å². The monoisotopic (exact) mass is 171 g/mol. The molecule has 0 atom stereocenters. The largest absolute Gasteiger partial charge is 0.399 e. The quantitative estimate of drug-likeness (QED) is 0.549. The number of hydrogen-bond donors (Lipinski definition) is 1. The van der Waals surface area contributed by atoms with E-state index >= 15 is 0 Å². The standard InChI is InChI=1S/C12H13N/c1-3-5-10(4-2)11-6-8-12(13)9-7-11/h3-9H,1-2,13H2. The van der Waals surface area contributed by atoms with E-state index in [0.717, 1.165) is 16.8 Å². The van der Waals surface area contributed by atoms with Crippen LogP contribution in [0.3, 0.4) is 0 Å². The SMILES string of the molecule is C=CC=C(C=C)c1ccc(N)cc1. The van der Waals surface area contributed by atoms with Crippen LogP contribution in [-0.4, -0.2) is 0 Å². The molecule has 13 heavy (non-hydrogen) atoms. The van der Waals surface area contributed by atoms with Crippen molar-refractivity contribution in [2.24, 2.45) is 0 Å². The average molecular weight is 171 g/mol. The molecule has 1 aromatic carbocycles. The fourth-order valence-electron chi connectivity index (χ4n) is 1.08. The number of rotatable bonds is 3. The molecule has 0 fully saturated rings. The first-order chi connectivity index (χ1) is 6.27. The molecule has 1 aromatic rings. The fourth-order valence-corrected chi connectivity index (χ4v) is 1.08. The van der Waals surface area contributed by atoms with Gasteiger partial charge in [-0.3, -0.25) is 0 Å². The second kappa shape index (κ2) is 4.31. The molecule has 1 nitrogen and oxygen atoms in total. The zero-order valence-corrected chi connectivity index (χ0v) is 7.53. The summed E-state index contributed by atoms with van der Waals surface area (Å²) in [6.45, 7) is 7.37. The summed E-state index contributed by atoms with van der Waals surface area (Å²) in [7, 11) is 0. The van der Waals surface area contributed by atoms with Crippen LogP contribution in [0.5, 0.6) is 0 Å². The van der Waals surface area contributed by atoms with Gasteiger partial charge < -0.3 is 5.73 Å². The van der Waals surface area contributed by atoms with E-state index in [-0.39, 0.29) is 0 Å². The topological polar surface area (TPSA) is 26.0 Å². The molecule has 1 rings (SSSR count). The van der Waals surface area contributed by atoms with Crippen LogP contribution in [0.25, 0.3) is 5.57 Å². The van der Waals surface area contributed by atoms with Gasteiger partial charge in [0.2, 0.25) is 0 Å². The third-order valence-electron chi connectivity index (χ3n) is 1.76. The highest BCUT2D eigenvalue weighted by atomic mass is 14.5. The molecule has 0 radical (unpaired) electrons. The van der Waals surface area contributed by atoms with E-state index in [1.165, 1.54) is 0 Å². The van der Waals surface area contributed by atoms with Gasteiger partial charge in [-0.1, -0.05) is 43.5 Å². The van der Waals surface area contributed by atoms with E-state index in [1.807, 2.05) is 30.3 Å². The minimum atomic E-state index is 0.769. The minimum absolute atomic E-state index is 0.769. The third-order valence-corrected chi connectivity index (χ3v) is 1.76. The van der Waals surface area contributed by atoms with Crippen LogP contribution in [0.15, 0.2) is 55.7 Å². The molecule has 2 N–H and O–H groups in total. The van der Waals surface area contributed by atoms with Crippen LogP contribution in [0.2, 0.25) is 0 Å². The molecule has 1 heteroatoms.